The van der Waals surface area contributed by atoms with E-state index in [0.717, 1.165) is 22.2 Å². The lowest BCUT2D eigenvalue weighted by molar-refractivity contribution is -0.144. The maximum absolute atomic E-state index is 11.5. The summed E-state index contributed by atoms with van der Waals surface area (Å²) in [5, 5.41) is 0. The van der Waals surface area contributed by atoms with E-state index in [4.69, 9.17) is 15.2 Å². The molecule has 1 rings (SSSR count). The predicted octanol–water partition coefficient (Wildman–Crippen LogP) is 3.83. The lowest BCUT2D eigenvalue weighted by Crippen LogP contribution is -2.17. The van der Waals surface area contributed by atoms with E-state index in [2.05, 4.69) is 15.9 Å². The topological polar surface area (TPSA) is 61.5 Å². The molecular formula is C16H24BrNO3. The molecular weight excluding hydrogens is 334 g/mol. The molecule has 118 valence electrons. The van der Waals surface area contributed by atoms with Gasteiger partial charge in [-0.25, -0.2) is 0 Å². The second-order valence-electron chi connectivity index (χ2n) is 5.07. The van der Waals surface area contributed by atoms with Gasteiger partial charge in [-0.15, -0.1) is 0 Å². The number of ether oxygens (including phenoxy) is 2. The number of carbonyl (C=O) groups excluding carboxylic acids is 1. The molecule has 0 spiro atoms. The summed E-state index contributed by atoms with van der Waals surface area (Å²) in [6.07, 6.45) is 1.13. The van der Waals surface area contributed by atoms with Crippen molar-refractivity contribution in [1.82, 2.24) is 0 Å². The Hall–Kier alpha value is -1.07. The van der Waals surface area contributed by atoms with Crippen molar-refractivity contribution in [2.24, 2.45) is 11.7 Å². The van der Waals surface area contributed by atoms with Gasteiger partial charge in [0.15, 0.2) is 0 Å². The van der Waals surface area contributed by atoms with Gasteiger partial charge in [0.05, 0.1) is 13.2 Å². The second-order valence-corrected chi connectivity index (χ2v) is 5.93. The van der Waals surface area contributed by atoms with Crippen LogP contribution < -0.4 is 10.5 Å². The van der Waals surface area contributed by atoms with Gasteiger partial charge < -0.3 is 15.2 Å². The van der Waals surface area contributed by atoms with Crippen LogP contribution in [0, 0.1) is 5.92 Å². The standard InChI is InChI=1S/C16H24BrNO3/c1-4-20-12-6-7-13(14(17)10-12)15(18)8-11(3)9-16(19)21-5-2/h6-7,10-11,15H,4-5,8-9,18H2,1-3H3. The molecule has 2 atom stereocenters. The summed E-state index contributed by atoms with van der Waals surface area (Å²) in [5.41, 5.74) is 7.27. The Balaban J connectivity index is 2.62. The summed E-state index contributed by atoms with van der Waals surface area (Å²) in [6.45, 7) is 6.83. The number of benzene rings is 1. The van der Waals surface area contributed by atoms with Crippen LogP contribution in [0.25, 0.3) is 0 Å². The highest BCUT2D eigenvalue weighted by molar-refractivity contribution is 9.10. The third-order valence-electron chi connectivity index (χ3n) is 3.16. The number of hydrogen-bond donors (Lipinski definition) is 1. The highest BCUT2D eigenvalue weighted by atomic mass is 79.9. The molecule has 0 aliphatic rings. The summed E-state index contributed by atoms with van der Waals surface area (Å²) in [4.78, 5) is 11.5. The van der Waals surface area contributed by atoms with Gasteiger partial charge in [0.1, 0.15) is 5.75 Å². The summed E-state index contributed by atoms with van der Waals surface area (Å²) in [6, 6.07) is 5.69. The van der Waals surface area contributed by atoms with E-state index in [9.17, 15) is 4.79 Å². The Morgan fingerprint density at radius 3 is 2.62 bits per heavy atom. The first-order valence-electron chi connectivity index (χ1n) is 7.31. The van der Waals surface area contributed by atoms with Crippen LogP contribution in [0.4, 0.5) is 0 Å². The molecule has 0 bridgehead atoms. The highest BCUT2D eigenvalue weighted by Gasteiger charge is 2.17. The molecule has 0 aliphatic heterocycles. The van der Waals surface area contributed by atoms with Crippen molar-refractivity contribution in [3.8, 4) is 5.75 Å². The summed E-state index contributed by atoms with van der Waals surface area (Å²) in [5.74, 6) is 0.834. The van der Waals surface area contributed by atoms with Crippen molar-refractivity contribution >= 4 is 21.9 Å². The molecule has 0 aromatic heterocycles. The Labute approximate surface area is 135 Å². The number of esters is 1. The van der Waals surface area contributed by atoms with E-state index in [1.54, 1.807) is 0 Å². The van der Waals surface area contributed by atoms with Crippen molar-refractivity contribution in [2.45, 2.75) is 39.7 Å². The first kappa shape index (κ1) is 18.0. The van der Waals surface area contributed by atoms with Crippen molar-refractivity contribution in [3.63, 3.8) is 0 Å². The van der Waals surface area contributed by atoms with Crippen molar-refractivity contribution in [2.75, 3.05) is 13.2 Å². The van der Waals surface area contributed by atoms with E-state index < -0.39 is 0 Å². The van der Waals surface area contributed by atoms with Crippen LogP contribution in [-0.2, 0) is 9.53 Å². The fraction of sp³-hybridized carbons (Fsp3) is 0.562. The second kappa shape index (κ2) is 9.05. The zero-order chi connectivity index (χ0) is 15.8. The first-order chi connectivity index (χ1) is 9.97. The average Bonchev–Trinajstić information content (AvgIpc) is 2.38. The molecule has 0 heterocycles. The van der Waals surface area contributed by atoms with E-state index in [1.807, 2.05) is 39.0 Å². The van der Waals surface area contributed by atoms with E-state index >= 15 is 0 Å². The lowest BCUT2D eigenvalue weighted by Gasteiger charge is -2.19. The van der Waals surface area contributed by atoms with Gasteiger partial charge in [-0.2, -0.15) is 0 Å². The summed E-state index contributed by atoms with van der Waals surface area (Å²) < 4.78 is 11.3. The molecule has 0 fully saturated rings. The van der Waals surface area contributed by atoms with Crippen LogP contribution >= 0.6 is 15.9 Å². The third-order valence-corrected chi connectivity index (χ3v) is 3.85. The normalized spacial score (nSPS) is 13.6. The van der Waals surface area contributed by atoms with Gasteiger partial charge in [-0.1, -0.05) is 28.9 Å². The Morgan fingerprint density at radius 2 is 2.05 bits per heavy atom. The van der Waals surface area contributed by atoms with Crippen LogP contribution in [-0.4, -0.2) is 19.2 Å². The minimum absolute atomic E-state index is 0.125. The van der Waals surface area contributed by atoms with Gasteiger partial charge in [-0.3, -0.25) is 4.79 Å². The fourth-order valence-corrected chi connectivity index (χ4v) is 2.87. The average molecular weight is 358 g/mol. The third kappa shape index (κ3) is 6.06. The minimum Gasteiger partial charge on any atom is -0.494 e. The monoisotopic (exact) mass is 357 g/mol. The first-order valence-corrected chi connectivity index (χ1v) is 8.10. The Kier molecular flexibility index (Phi) is 7.75. The smallest absolute Gasteiger partial charge is 0.306 e. The summed E-state index contributed by atoms with van der Waals surface area (Å²) >= 11 is 3.53. The molecule has 1 aromatic rings. The van der Waals surface area contributed by atoms with Crippen molar-refractivity contribution in [3.05, 3.63) is 28.2 Å². The quantitative estimate of drug-likeness (QED) is 0.718. The van der Waals surface area contributed by atoms with Gasteiger partial charge >= 0.3 is 5.97 Å². The number of halogens is 1. The predicted molar refractivity (Wildman–Crippen MR) is 87.3 cm³/mol. The molecule has 0 radical (unpaired) electrons. The zero-order valence-electron chi connectivity index (χ0n) is 12.9. The van der Waals surface area contributed by atoms with Crippen LogP contribution in [0.1, 0.15) is 45.2 Å². The highest BCUT2D eigenvalue weighted by Crippen LogP contribution is 2.30. The molecule has 21 heavy (non-hydrogen) atoms. The largest absolute Gasteiger partial charge is 0.494 e. The number of rotatable bonds is 8. The van der Waals surface area contributed by atoms with Crippen molar-refractivity contribution < 1.29 is 14.3 Å². The van der Waals surface area contributed by atoms with E-state index in [1.165, 1.54) is 0 Å². The molecule has 2 N–H and O–H groups in total. The molecule has 0 aliphatic carbocycles. The maximum atomic E-state index is 11.5. The van der Waals surface area contributed by atoms with Crippen LogP contribution in [0.5, 0.6) is 5.75 Å². The van der Waals surface area contributed by atoms with E-state index in [-0.39, 0.29) is 17.9 Å². The van der Waals surface area contributed by atoms with Crippen molar-refractivity contribution in [1.29, 1.82) is 0 Å². The number of hydrogen-bond acceptors (Lipinski definition) is 4. The molecule has 0 saturated heterocycles. The van der Waals surface area contributed by atoms with Crippen LogP contribution in [0.3, 0.4) is 0 Å². The molecule has 1 aromatic carbocycles. The van der Waals surface area contributed by atoms with Gasteiger partial charge in [0.25, 0.3) is 0 Å². The maximum Gasteiger partial charge on any atom is 0.306 e. The van der Waals surface area contributed by atoms with Gasteiger partial charge in [0, 0.05) is 16.9 Å². The van der Waals surface area contributed by atoms with Crippen LogP contribution in [0.2, 0.25) is 0 Å². The van der Waals surface area contributed by atoms with Gasteiger partial charge in [0.2, 0.25) is 0 Å². The van der Waals surface area contributed by atoms with E-state index in [0.29, 0.717) is 19.6 Å². The fourth-order valence-electron chi connectivity index (χ4n) is 2.21. The SMILES string of the molecule is CCOC(=O)CC(C)CC(N)c1ccc(OCC)cc1Br. The number of carbonyl (C=O) groups is 1. The minimum atomic E-state index is -0.164. The Morgan fingerprint density at radius 1 is 1.33 bits per heavy atom. The molecule has 2 unspecified atom stereocenters. The molecule has 5 heteroatoms. The summed E-state index contributed by atoms with van der Waals surface area (Å²) in [7, 11) is 0. The molecule has 0 saturated carbocycles. The zero-order valence-corrected chi connectivity index (χ0v) is 14.5. The lowest BCUT2D eigenvalue weighted by atomic mass is 9.94. The molecule has 4 nitrogen and oxygen atoms in total. The van der Waals surface area contributed by atoms with Crippen LogP contribution in [0.15, 0.2) is 22.7 Å². The Bertz CT molecular complexity index is 465. The number of nitrogens with two attached hydrogens (primary N) is 1. The molecule has 0 amide bonds. The van der Waals surface area contributed by atoms with Gasteiger partial charge in [-0.05, 0) is 43.9 Å².